The summed E-state index contributed by atoms with van der Waals surface area (Å²) in [4.78, 5) is 0. The number of aryl methyl sites for hydroxylation is 1. The summed E-state index contributed by atoms with van der Waals surface area (Å²) < 4.78 is 0. The van der Waals surface area contributed by atoms with Gasteiger partial charge in [0, 0.05) is 11.5 Å². The number of hydrogen-bond donors (Lipinski definition) is 1. The zero-order chi connectivity index (χ0) is 11.2. The van der Waals surface area contributed by atoms with Gasteiger partial charge in [0.25, 0.3) is 0 Å². The van der Waals surface area contributed by atoms with Gasteiger partial charge in [-0.25, -0.2) is 0 Å². The normalized spacial score (nSPS) is 34.2. The predicted molar refractivity (Wildman–Crippen MR) is 67.4 cm³/mol. The second-order valence-corrected chi connectivity index (χ2v) is 5.70. The van der Waals surface area contributed by atoms with Gasteiger partial charge in [0.1, 0.15) is 0 Å². The summed E-state index contributed by atoms with van der Waals surface area (Å²) in [5, 5.41) is 0. The molecule has 2 atom stereocenters. The fourth-order valence-corrected chi connectivity index (χ4v) is 3.72. The maximum absolute atomic E-state index is 6.26. The van der Waals surface area contributed by atoms with Crippen LogP contribution in [0.2, 0.25) is 0 Å². The second-order valence-electron chi connectivity index (χ2n) is 5.70. The lowest BCUT2D eigenvalue weighted by Crippen LogP contribution is -2.26. The topological polar surface area (TPSA) is 26.0 Å². The van der Waals surface area contributed by atoms with Gasteiger partial charge in [0.2, 0.25) is 0 Å². The molecule has 2 fully saturated rings. The summed E-state index contributed by atoms with van der Waals surface area (Å²) in [7, 11) is 0. The highest BCUT2D eigenvalue weighted by Gasteiger charge is 2.58. The standard InChI is InChI=1S/C15H21N/c1-11-5-4-8-13(9-11)15(10-14(15)16)12-6-2-3-7-12/h4-5,8-9,12,14H,2-3,6-7,10,16H2,1H3/t14-,15?/m1/s1. The van der Waals surface area contributed by atoms with Crippen molar-refractivity contribution in [2.45, 2.75) is 50.5 Å². The molecule has 16 heavy (non-hydrogen) atoms. The van der Waals surface area contributed by atoms with E-state index in [9.17, 15) is 0 Å². The largest absolute Gasteiger partial charge is 0.327 e. The molecule has 86 valence electrons. The molecule has 0 saturated heterocycles. The Balaban J connectivity index is 1.96. The maximum Gasteiger partial charge on any atom is 0.0149 e. The summed E-state index contributed by atoms with van der Waals surface area (Å²) in [5.74, 6) is 0.851. The van der Waals surface area contributed by atoms with Gasteiger partial charge in [-0.15, -0.1) is 0 Å². The van der Waals surface area contributed by atoms with Crippen molar-refractivity contribution in [2.24, 2.45) is 11.7 Å². The van der Waals surface area contributed by atoms with Gasteiger partial charge in [-0.1, -0.05) is 42.7 Å². The lowest BCUT2D eigenvalue weighted by atomic mass is 9.80. The lowest BCUT2D eigenvalue weighted by Gasteiger charge is -2.24. The molecule has 0 heterocycles. The molecule has 3 rings (SSSR count). The molecule has 0 radical (unpaired) electrons. The molecular formula is C15H21N. The minimum Gasteiger partial charge on any atom is -0.327 e. The molecule has 2 aliphatic rings. The monoisotopic (exact) mass is 215 g/mol. The third-order valence-corrected chi connectivity index (χ3v) is 4.70. The Labute approximate surface area is 98.0 Å². The Kier molecular flexibility index (Phi) is 2.32. The van der Waals surface area contributed by atoms with E-state index in [0.29, 0.717) is 11.5 Å². The first-order valence-electron chi connectivity index (χ1n) is 6.56. The Bertz CT molecular complexity index is 392. The number of rotatable bonds is 2. The van der Waals surface area contributed by atoms with Crippen molar-refractivity contribution in [1.82, 2.24) is 0 Å². The Morgan fingerprint density at radius 3 is 2.50 bits per heavy atom. The van der Waals surface area contributed by atoms with Crippen LogP contribution in [0.3, 0.4) is 0 Å². The third-order valence-electron chi connectivity index (χ3n) is 4.70. The van der Waals surface area contributed by atoms with Crippen LogP contribution in [0.25, 0.3) is 0 Å². The summed E-state index contributed by atoms with van der Waals surface area (Å²) in [5.41, 5.74) is 9.49. The van der Waals surface area contributed by atoms with E-state index in [1.807, 2.05) is 0 Å². The summed E-state index contributed by atoms with van der Waals surface area (Å²) in [6.07, 6.45) is 6.81. The molecule has 2 aliphatic carbocycles. The summed E-state index contributed by atoms with van der Waals surface area (Å²) >= 11 is 0. The predicted octanol–water partition coefficient (Wildman–Crippen LogP) is 3.15. The van der Waals surface area contributed by atoms with Gasteiger partial charge in [-0.05, 0) is 37.7 Å². The van der Waals surface area contributed by atoms with E-state index in [-0.39, 0.29) is 0 Å². The van der Waals surface area contributed by atoms with Gasteiger partial charge >= 0.3 is 0 Å². The van der Waals surface area contributed by atoms with Crippen molar-refractivity contribution in [1.29, 1.82) is 0 Å². The van der Waals surface area contributed by atoms with Gasteiger partial charge in [0.05, 0.1) is 0 Å². The average Bonchev–Trinajstić information content (AvgIpc) is 2.75. The highest BCUT2D eigenvalue weighted by Crippen LogP contribution is 2.57. The molecule has 0 aromatic heterocycles. The van der Waals surface area contributed by atoms with Crippen molar-refractivity contribution in [3.05, 3.63) is 35.4 Å². The zero-order valence-electron chi connectivity index (χ0n) is 10.1. The summed E-state index contributed by atoms with van der Waals surface area (Å²) in [6, 6.07) is 9.42. The minimum absolute atomic E-state index is 0.350. The molecule has 0 amide bonds. The van der Waals surface area contributed by atoms with Gasteiger partial charge in [-0.3, -0.25) is 0 Å². The molecule has 2 N–H and O–H groups in total. The smallest absolute Gasteiger partial charge is 0.0149 e. The molecular weight excluding hydrogens is 194 g/mol. The number of benzene rings is 1. The van der Waals surface area contributed by atoms with E-state index in [1.165, 1.54) is 43.2 Å². The van der Waals surface area contributed by atoms with Crippen LogP contribution in [0.1, 0.15) is 43.2 Å². The van der Waals surface area contributed by atoms with E-state index in [4.69, 9.17) is 5.73 Å². The van der Waals surface area contributed by atoms with Crippen molar-refractivity contribution >= 4 is 0 Å². The first-order valence-corrected chi connectivity index (χ1v) is 6.56. The number of hydrogen-bond acceptors (Lipinski definition) is 1. The van der Waals surface area contributed by atoms with Gasteiger partial charge in [0.15, 0.2) is 0 Å². The molecule has 0 bridgehead atoms. The molecule has 0 spiro atoms. The Morgan fingerprint density at radius 2 is 1.94 bits per heavy atom. The Hall–Kier alpha value is -0.820. The molecule has 1 unspecified atom stereocenters. The molecule has 1 aromatic rings. The summed E-state index contributed by atoms with van der Waals surface area (Å²) in [6.45, 7) is 2.18. The van der Waals surface area contributed by atoms with Crippen LogP contribution in [0.5, 0.6) is 0 Å². The zero-order valence-corrected chi connectivity index (χ0v) is 10.1. The second kappa shape index (κ2) is 3.59. The van der Waals surface area contributed by atoms with E-state index in [0.717, 1.165) is 5.92 Å². The average molecular weight is 215 g/mol. The van der Waals surface area contributed by atoms with Crippen molar-refractivity contribution in [2.75, 3.05) is 0 Å². The van der Waals surface area contributed by atoms with Crippen molar-refractivity contribution in [3.63, 3.8) is 0 Å². The molecule has 0 aliphatic heterocycles. The first kappa shape index (κ1) is 10.3. The van der Waals surface area contributed by atoms with Crippen LogP contribution in [-0.4, -0.2) is 6.04 Å². The molecule has 1 nitrogen and oxygen atoms in total. The van der Waals surface area contributed by atoms with Crippen molar-refractivity contribution in [3.8, 4) is 0 Å². The van der Waals surface area contributed by atoms with Crippen LogP contribution in [0.4, 0.5) is 0 Å². The highest BCUT2D eigenvalue weighted by atomic mass is 14.8. The van der Waals surface area contributed by atoms with E-state index in [2.05, 4.69) is 31.2 Å². The van der Waals surface area contributed by atoms with Crippen LogP contribution in [-0.2, 0) is 5.41 Å². The van der Waals surface area contributed by atoms with Gasteiger partial charge < -0.3 is 5.73 Å². The van der Waals surface area contributed by atoms with E-state index in [1.54, 1.807) is 0 Å². The first-order chi connectivity index (χ1) is 7.73. The van der Waals surface area contributed by atoms with Gasteiger partial charge in [-0.2, -0.15) is 0 Å². The van der Waals surface area contributed by atoms with Crippen LogP contribution < -0.4 is 5.73 Å². The van der Waals surface area contributed by atoms with Crippen LogP contribution in [0.15, 0.2) is 24.3 Å². The van der Waals surface area contributed by atoms with Crippen molar-refractivity contribution < 1.29 is 0 Å². The molecule has 1 heteroatoms. The Morgan fingerprint density at radius 1 is 1.25 bits per heavy atom. The molecule has 2 saturated carbocycles. The minimum atomic E-state index is 0.350. The fourth-order valence-electron chi connectivity index (χ4n) is 3.72. The van der Waals surface area contributed by atoms with E-state index >= 15 is 0 Å². The molecule has 1 aromatic carbocycles. The fraction of sp³-hybridized carbons (Fsp3) is 0.600. The van der Waals surface area contributed by atoms with Crippen LogP contribution in [0, 0.1) is 12.8 Å². The lowest BCUT2D eigenvalue weighted by molar-refractivity contribution is 0.404. The maximum atomic E-state index is 6.26. The third kappa shape index (κ3) is 1.41. The SMILES string of the molecule is Cc1cccc(C2(C3CCCC3)C[C@H]2N)c1. The quantitative estimate of drug-likeness (QED) is 0.805. The number of nitrogens with two attached hydrogens (primary N) is 1. The van der Waals surface area contributed by atoms with Crippen LogP contribution >= 0.6 is 0 Å². The highest BCUT2D eigenvalue weighted by molar-refractivity contribution is 5.39. The van der Waals surface area contributed by atoms with E-state index < -0.39 is 0 Å².